The van der Waals surface area contributed by atoms with Crippen molar-refractivity contribution in [1.82, 2.24) is 24.1 Å². The summed E-state index contributed by atoms with van der Waals surface area (Å²) in [5, 5.41) is 4.83. The van der Waals surface area contributed by atoms with Crippen molar-refractivity contribution >= 4 is 43.6 Å². The van der Waals surface area contributed by atoms with Crippen molar-refractivity contribution in [1.29, 1.82) is 0 Å². The third-order valence-electron chi connectivity index (χ3n) is 15.8. The maximum atomic E-state index is 5.57. The van der Waals surface area contributed by atoms with Crippen molar-refractivity contribution in [2.75, 3.05) is 0 Å². The van der Waals surface area contributed by atoms with Gasteiger partial charge in [0.2, 0.25) is 0 Å². The molecule has 386 valence electrons. The lowest BCUT2D eigenvalue weighted by atomic mass is 9.79. The molecule has 0 aliphatic rings. The van der Waals surface area contributed by atoms with Crippen LogP contribution in [0.5, 0.6) is 0 Å². The van der Waals surface area contributed by atoms with E-state index in [1.165, 1.54) is 54.9 Å². The summed E-state index contributed by atoms with van der Waals surface area (Å²) >= 11 is 0. The first-order valence-corrected chi connectivity index (χ1v) is 27.6. The molecule has 0 N–H and O–H groups in total. The maximum absolute atomic E-state index is 5.57. The quantitative estimate of drug-likeness (QED) is 0.160. The first kappa shape index (κ1) is 50.4. The Morgan fingerprint density at radius 1 is 0.256 bits per heavy atom. The van der Waals surface area contributed by atoms with Crippen molar-refractivity contribution in [2.24, 2.45) is 0 Å². The molecule has 0 aliphatic heterocycles. The smallest absolute Gasteiger partial charge is 0.164 e. The van der Waals surface area contributed by atoms with E-state index in [-0.39, 0.29) is 21.7 Å². The molecule has 5 heteroatoms. The lowest BCUT2D eigenvalue weighted by molar-refractivity contribution is 0.568. The van der Waals surface area contributed by atoms with E-state index < -0.39 is 0 Å². The fraction of sp³-hybridized carbons (Fsp3) is 0.219. The summed E-state index contributed by atoms with van der Waals surface area (Å²) in [6, 6.07) is 73.6. The Bertz CT molecular complexity index is 4080. The topological polar surface area (TPSA) is 48.5 Å². The highest BCUT2D eigenvalue weighted by molar-refractivity contribution is 6.12. The van der Waals surface area contributed by atoms with E-state index in [0.717, 1.165) is 61.3 Å². The first-order valence-electron chi connectivity index (χ1n) is 27.6. The molecular weight excluding hydrogens is 947 g/mol. The molecule has 12 aromatic rings. The van der Waals surface area contributed by atoms with Gasteiger partial charge in [-0.25, -0.2) is 15.0 Å². The monoisotopic (exact) mass is 1020 g/mol. The van der Waals surface area contributed by atoms with Gasteiger partial charge in [0.05, 0.1) is 33.4 Å². The maximum Gasteiger partial charge on any atom is 0.164 e. The van der Waals surface area contributed by atoms with Crippen LogP contribution in [0, 0.1) is 0 Å². The van der Waals surface area contributed by atoms with E-state index in [1.54, 1.807) is 0 Å². The summed E-state index contributed by atoms with van der Waals surface area (Å²) in [6.45, 7) is 27.4. The van der Waals surface area contributed by atoms with Gasteiger partial charge in [0.1, 0.15) is 0 Å². The van der Waals surface area contributed by atoms with Crippen LogP contribution in [0.3, 0.4) is 0 Å². The van der Waals surface area contributed by atoms with Gasteiger partial charge in [-0.1, -0.05) is 204 Å². The fourth-order valence-electron chi connectivity index (χ4n) is 11.2. The zero-order valence-corrected chi connectivity index (χ0v) is 47.3. The fourth-order valence-corrected chi connectivity index (χ4v) is 11.2. The van der Waals surface area contributed by atoms with Gasteiger partial charge in [0.15, 0.2) is 17.5 Å². The second-order valence-corrected chi connectivity index (χ2v) is 25.5. The predicted octanol–water partition coefficient (Wildman–Crippen LogP) is 19.6. The molecule has 0 saturated heterocycles. The largest absolute Gasteiger partial charge is 0.309 e. The molecule has 0 amide bonds. The number of para-hydroxylation sites is 4. The Labute approximate surface area is 460 Å². The molecule has 5 nitrogen and oxygen atoms in total. The average molecular weight is 1020 g/mol. The molecule has 12 rings (SSSR count). The molecule has 9 aromatic carbocycles. The van der Waals surface area contributed by atoms with Gasteiger partial charge in [-0.15, -0.1) is 0 Å². The number of hydrogen-bond donors (Lipinski definition) is 0. The highest BCUT2D eigenvalue weighted by atomic mass is 15.0. The van der Waals surface area contributed by atoms with E-state index in [2.05, 4.69) is 292 Å². The third kappa shape index (κ3) is 9.09. The van der Waals surface area contributed by atoms with Crippen molar-refractivity contribution in [3.63, 3.8) is 0 Å². The number of aromatic nitrogens is 5. The van der Waals surface area contributed by atoms with Gasteiger partial charge in [0.25, 0.3) is 0 Å². The van der Waals surface area contributed by atoms with Crippen LogP contribution in [-0.4, -0.2) is 24.1 Å². The van der Waals surface area contributed by atoms with Gasteiger partial charge in [-0.05, 0) is 134 Å². The molecule has 0 spiro atoms. The first-order chi connectivity index (χ1) is 37.2. The summed E-state index contributed by atoms with van der Waals surface area (Å²) in [5.74, 6) is 1.92. The zero-order valence-electron chi connectivity index (χ0n) is 47.3. The van der Waals surface area contributed by atoms with Crippen molar-refractivity contribution < 1.29 is 0 Å². The summed E-state index contributed by atoms with van der Waals surface area (Å²) in [6.07, 6.45) is 0. The minimum Gasteiger partial charge on any atom is -0.309 e. The predicted molar refractivity (Wildman–Crippen MR) is 330 cm³/mol. The number of rotatable bonds is 7. The third-order valence-corrected chi connectivity index (χ3v) is 15.8. The minimum atomic E-state index is -0.109. The van der Waals surface area contributed by atoms with Crippen LogP contribution < -0.4 is 0 Å². The van der Waals surface area contributed by atoms with Gasteiger partial charge in [-0.2, -0.15) is 0 Å². The van der Waals surface area contributed by atoms with Crippen LogP contribution in [0.2, 0.25) is 0 Å². The van der Waals surface area contributed by atoms with E-state index in [1.807, 2.05) is 0 Å². The Morgan fingerprint density at radius 3 is 1.10 bits per heavy atom. The van der Waals surface area contributed by atoms with Gasteiger partial charge in [0, 0.05) is 49.4 Å². The lowest BCUT2D eigenvalue weighted by Gasteiger charge is -2.26. The average Bonchev–Trinajstić information content (AvgIpc) is 4.08. The number of fused-ring (bicyclic) bond motifs is 6. The van der Waals surface area contributed by atoms with E-state index >= 15 is 0 Å². The van der Waals surface area contributed by atoms with Gasteiger partial charge < -0.3 is 9.13 Å². The number of nitrogens with zero attached hydrogens (tertiary/aromatic N) is 5. The van der Waals surface area contributed by atoms with E-state index in [4.69, 9.17) is 15.0 Å². The molecule has 3 aromatic heterocycles. The van der Waals surface area contributed by atoms with Crippen molar-refractivity contribution in [2.45, 2.75) is 105 Å². The van der Waals surface area contributed by atoms with Crippen LogP contribution in [-0.2, 0) is 21.7 Å². The molecule has 0 bridgehead atoms. The Kier molecular flexibility index (Phi) is 12.1. The summed E-state index contributed by atoms with van der Waals surface area (Å²) < 4.78 is 4.90. The second-order valence-electron chi connectivity index (χ2n) is 25.5. The Morgan fingerprint density at radius 2 is 0.628 bits per heavy atom. The van der Waals surface area contributed by atoms with Crippen LogP contribution in [0.1, 0.15) is 105 Å². The zero-order chi connectivity index (χ0) is 54.5. The van der Waals surface area contributed by atoms with Gasteiger partial charge >= 0.3 is 0 Å². The minimum absolute atomic E-state index is 0.109. The molecule has 0 fully saturated rings. The summed E-state index contributed by atoms with van der Waals surface area (Å²) in [5.41, 5.74) is 18.6. The SMILES string of the molecule is CC(C)(C)c1cc(-c2nc(-c3cc(C(C)(C)C)cc(C(C)(C)C)c3)nc(-c3ccc(-n4c5ccccc5c5cc(-c6ccccc6)ccc54)c(-c4ccccc4-n4c5ccccc5c5ccccc54)c3)n2)cc(C(C)(C)C)c1. The number of benzene rings is 9. The Balaban J connectivity index is 1.17. The molecule has 0 saturated carbocycles. The molecule has 0 aliphatic carbocycles. The standard InChI is InChI=1S/C73H69N5/c1-70(2,3)51-38-49(39-52(44-51)71(4,5)6)68-74-67(75-69(76-68)50-40-53(72(7,8)9)45-54(41-50)73(10,11)12)48-35-37-66(78-64-33-23-18-28-57(64)59-42-47(34-36-65(59)78)46-24-14-13-15-25-46)60(43-48)58-29-19-22-32-63(58)77-61-30-20-16-26-55(61)56-27-17-21-31-62(56)77/h13-45H,1-12H3. The lowest BCUT2D eigenvalue weighted by Crippen LogP contribution is -2.17. The molecule has 78 heavy (non-hydrogen) atoms. The highest BCUT2D eigenvalue weighted by Gasteiger charge is 2.27. The molecule has 0 atom stereocenters. The normalized spacial score (nSPS) is 12.6. The summed E-state index contributed by atoms with van der Waals surface area (Å²) in [4.78, 5) is 16.7. The van der Waals surface area contributed by atoms with E-state index in [0.29, 0.717) is 17.5 Å². The molecule has 0 radical (unpaired) electrons. The second kappa shape index (κ2) is 18.7. The van der Waals surface area contributed by atoms with Crippen LogP contribution in [0.15, 0.2) is 200 Å². The molecule has 0 unspecified atom stereocenters. The van der Waals surface area contributed by atoms with Crippen LogP contribution >= 0.6 is 0 Å². The van der Waals surface area contributed by atoms with Crippen molar-refractivity contribution in [3.05, 3.63) is 222 Å². The van der Waals surface area contributed by atoms with Crippen molar-refractivity contribution in [3.8, 4) is 67.8 Å². The number of hydrogen-bond acceptors (Lipinski definition) is 3. The van der Waals surface area contributed by atoms with Gasteiger partial charge in [-0.3, -0.25) is 0 Å². The Hall–Kier alpha value is -8.41. The van der Waals surface area contributed by atoms with Crippen LogP contribution in [0.4, 0.5) is 0 Å². The highest BCUT2D eigenvalue weighted by Crippen LogP contribution is 2.44. The van der Waals surface area contributed by atoms with Crippen LogP contribution in [0.25, 0.3) is 111 Å². The summed E-state index contributed by atoms with van der Waals surface area (Å²) in [7, 11) is 0. The molecule has 3 heterocycles. The van der Waals surface area contributed by atoms with E-state index in [9.17, 15) is 0 Å². The molecular formula is C73H69N5.